The molecule has 0 saturated heterocycles. The first-order valence-corrected chi connectivity index (χ1v) is 6.98. The van der Waals surface area contributed by atoms with E-state index in [0.29, 0.717) is 6.04 Å². The first-order valence-electron chi connectivity index (χ1n) is 6.98. The van der Waals surface area contributed by atoms with Crippen LogP contribution in [0.3, 0.4) is 0 Å². The van der Waals surface area contributed by atoms with Crippen LogP contribution in [0.25, 0.3) is 0 Å². The van der Waals surface area contributed by atoms with E-state index in [1.807, 2.05) is 0 Å². The van der Waals surface area contributed by atoms with Gasteiger partial charge in [0, 0.05) is 5.69 Å². The SMILES string of the molecule is Cc1cc(C)c2c(c1)CC(c1cc(C)ccc1C)N2. The highest BCUT2D eigenvalue weighted by Gasteiger charge is 2.24. The van der Waals surface area contributed by atoms with Crippen molar-refractivity contribution >= 4 is 5.69 Å². The van der Waals surface area contributed by atoms with E-state index < -0.39 is 0 Å². The molecule has 1 aliphatic rings. The Morgan fingerprint density at radius 3 is 2.47 bits per heavy atom. The summed E-state index contributed by atoms with van der Waals surface area (Å²) in [7, 11) is 0. The Labute approximate surface area is 115 Å². The zero-order valence-corrected chi connectivity index (χ0v) is 12.2. The van der Waals surface area contributed by atoms with Crippen molar-refractivity contribution in [2.75, 3.05) is 5.32 Å². The maximum absolute atomic E-state index is 3.71. The van der Waals surface area contributed by atoms with Crippen LogP contribution in [-0.2, 0) is 6.42 Å². The highest BCUT2D eigenvalue weighted by Crippen LogP contribution is 2.38. The number of nitrogens with one attached hydrogen (secondary N) is 1. The van der Waals surface area contributed by atoms with E-state index in [1.165, 1.54) is 39.1 Å². The molecule has 1 aliphatic heterocycles. The zero-order valence-electron chi connectivity index (χ0n) is 12.2. The third-order valence-electron chi connectivity index (χ3n) is 4.11. The largest absolute Gasteiger partial charge is 0.377 e. The summed E-state index contributed by atoms with van der Waals surface area (Å²) >= 11 is 0. The van der Waals surface area contributed by atoms with Crippen LogP contribution in [0.5, 0.6) is 0 Å². The second kappa shape index (κ2) is 4.41. The van der Waals surface area contributed by atoms with Gasteiger partial charge in [-0.1, -0.05) is 41.5 Å². The fraction of sp³-hybridized carbons (Fsp3) is 0.333. The summed E-state index contributed by atoms with van der Waals surface area (Å²) in [5.74, 6) is 0. The van der Waals surface area contributed by atoms with Gasteiger partial charge < -0.3 is 5.32 Å². The lowest BCUT2D eigenvalue weighted by Crippen LogP contribution is -2.08. The average molecular weight is 251 g/mol. The Bertz CT molecular complexity index is 640. The molecule has 0 amide bonds. The molecule has 0 saturated carbocycles. The third-order valence-corrected chi connectivity index (χ3v) is 4.11. The summed E-state index contributed by atoms with van der Waals surface area (Å²) in [5.41, 5.74) is 9.69. The van der Waals surface area contributed by atoms with E-state index in [1.54, 1.807) is 0 Å². The van der Waals surface area contributed by atoms with Gasteiger partial charge in [-0.25, -0.2) is 0 Å². The summed E-state index contributed by atoms with van der Waals surface area (Å²) in [4.78, 5) is 0. The van der Waals surface area contributed by atoms with E-state index >= 15 is 0 Å². The van der Waals surface area contributed by atoms with E-state index in [9.17, 15) is 0 Å². The molecule has 2 aromatic carbocycles. The summed E-state index contributed by atoms with van der Waals surface area (Å²) in [6.45, 7) is 8.75. The molecular weight excluding hydrogens is 230 g/mol. The molecule has 0 radical (unpaired) electrons. The second-order valence-corrected chi connectivity index (χ2v) is 5.88. The predicted octanol–water partition coefficient (Wildman–Crippen LogP) is 4.63. The number of fused-ring (bicyclic) bond motifs is 1. The molecule has 3 rings (SSSR count). The number of anilines is 1. The number of rotatable bonds is 1. The van der Waals surface area contributed by atoms with Crippen molar-refractivity contribution in [3.05, 3.63) is 63.7 Å². The van der Waals surface area contributed by atoms with E-state index in [0.717, 1.165) is 6.42 Å². The van der Waals surface area contributed by atoms with Gasteiger partial charge in [-0.2, -0.15) is 0 Å². The molecule has 0 aromatic heterocycles. The Kier molecular flexibility index (Phi) is 2.85. The Hall–Kier alpha value is -1.76. The van der Waals surface area contributed by atoms with Crippen LogP contribution >= 0.6 is 0 Å². The van der Waals surface area contributed by atoms with Crippen molar-refractivity contribution in [3.8, 4) is 0 Å². The molecule has 1 N–H and O–H groups in total. The van der Waals surface area contributed by atoms with Crippen LogP contribution in [0, 0.1) is 27.7 Å². The molecular formula is C18H21N. The Balaban J connectivity index is 2.00. The number of hydrogen-bond acceptors (Lipinski definition) is 1. The summed E-state index contributed by atoms with van der Waals surface area (Å²) in [5, 5.41) is 3.71. The topological polar surface area (TPSA) is 12.0 Å². The number of hydrogen-bond donors (Lipinski definition) is 1. The van der Waals surface area contributed by atoms with E-state index in [-0.39, 0.29) is 0 Å². The van der Waals surface area contributed by atoms with Gasteiger partial charge in [-0.15, -0.1) is 0 Å². The van der Waals surface area contributed by atoms with Gasteiger partial charge in [0.1, 0.15) is 0 Å². The maximum atomic E-state index is 3.71. The van der Waals surface area contributed by atoms with Gasteiger partial charge in [-0.3, -0.25) is 0 Å². The average Bonchev–Trinajstić information content (AvgIpc) is 2.76. The number of benzene rings is 2. The molecule has 0 bridgehead atoms. The highest BCUT2D eigenvalue weighted by atomic mass is 15.0. The Morgan fingerprint density at radius 1 is 0.895 bits per heavy atom. The van der Waals surface area contributed by atoms with Crippen molar-refractivity contribution in [1.29, 1.82) is 0 Å². The van der Waals surface area contributed by atoms with Crippen LogP contribution in [0.1, 0.15) is 39.4 Å². The van der Waals surface area contributed by atoms with Gasteiger partial charge in [0.25, 0.3) is 0 Å². The minimum Gasteiger partial charge on any atom is -0.377 e. The standard InChI is InChI=1S/C18H21N/c1-11-5-6-13(3)16(9-11)17-10-15-8-12(2)7-14(4)18(15)19-17/h5-9,17,19H,10H2,1-4H3. The number of aryl methyl sites for hydroxylation is 4. The molecule has 2 aromatic rings. The normalized spacial score (nSPS) is 17.2. The van der Waals surface area contributed by atoms with Crippen molar-refractivity contribution in [1.82, 2.24) is 0 Å². The van der Waals surface area contributed by atoms with E-state index in [2.05, 4.69) is 63.3 Å². The van der Waals surface area contributed by atoms with Crippen LogP contribution in [0.15, 0.2) is 30.3 Å². The monoisotopic (exact) mass is 251 g/mol. The van der Waals surface area contributed by atoms with Gasteiger partial charge in [0.05, 0.1) is 6.04 Å². The van der Waals surface area contributed by atoms with Crippen LogP contribution in [0.4, 0.5) is 5.69 Å². The molecule has 1 heterocycles. The highest BCUT2D eigenvalue weighted by molar-refractivity contribution is 5.64. The molecule has 1 heteroatoms. The lowest BCUT2D eigenvalue weighted by atomic mass is 9.96. The maximum Gasteiger partial charge on any atom is 0.0557 e. The van der Waals surface area contributed by atoms with Gasteiger partial charge in [0.15, 0.2) is 0 Å². The minimum absolute atomic E-state index is 0.426. The van der Waals surface area contributed by atoms with Gasteiger partial charge in [0.2, 0.25) is 0 Å². The van der Waals surface area contributed by atoms with Gasteiger partial charge in [-0.05, 0) is 56.4 Å². The van der Waals surface area contributed by atoms with Crippen LogP contribution in [0.2, 0.25) is 0 Å². The Morgan fingerprint density at radius 2 is 1.68 bits per heavy atom. The lowest BCUT2D eigenvalue weighted by molar-refractivity contribution is 0.814. The summed E-state index contributed by atoms with van der Waals surface area (Å²) < 4.78 is 0. The summed E-state index contributed by atoms with van der Waals surface area (Å²) in [6, 6.07) is 11.7. The van der Waals surface area contributed by atoms with Crippen LogP contribution in [-0.4, -0.2) is 0 Å². The fourth-order valence-corrected chi connectivity index (χ4v) is 3.19. The molecule has 0 aliphatic carbocycles. The van der Waals surface area contributed by atoms with Crippen LogP contribution < -0.4 is 5.32 Å². The fourth-order valence-electron chi connectivity index (χ4n) is 3.19. The first-order chi connectivity index (χ1) is 9.04. The summed E-state index contributed by atoms with van der Waals surface area (Å²) in [6.07, 6.45) is 1.10. The van der Waals surface area contributed by atoms with Gasteiger partial charge >= 0.3 is 0 Å². The van der Waals surface area contributed by atoms with Crippen molar-refractivity contribution in [3.63, 3.8) is 0 Å². The van der Waals surface area contributed by atoms with Crippen molar-refractivity contribution in [2.24, 2.45) is 0 Å². The first kappa shape index (κ1) is 12.3. The molecule has 1 atom stereocenters. The van der Waals surface area contributed by atoms with E-state index in [4.69, 9.17) is 0 Å². The molecule has 0 fully saturated rings. The second-order valence-electron chi connectivity index (χ2n) is 5.88. The third kappa shape index (κ3) is 2.14. The van der Waals surface area contributed by atoms with Crippen molar-refractivity contribution < 1.29 is 0 Å². The molecule has 0 spiro atoms. The molecule has 1 nitrogen and oxygen atoms in total. The quantitative estimate of drug-likeness (QED) is 0.779. The molecule has 98 valence electrons. The smallest absolute Gasteiger partial charge is 0.0557 e. The predicted molar refractivity (Wildman–Crippen MR) is 81.9 cm³/mol. The molecule has 1 unspecified atom stereocenters. The lowest BCUT2D eigenvalue weighted by Gasteiger charge is -2.16. The zero-order chi connectivity index (χ0) is 13.6. The van der Waals surface area contributed by atoms with Crippen molar-refractivity contribution in [2.45, 2.75) is 40.2 Å². The minimum atomic E-state index is 0.426. The molecule has 19 heavy (non-hydrogen) atoms.